The fraction of sp³-hybridized carbons (Fsp3) is 0.188. The van der Waals surface area contributed by atoms with Gasteiger partial charge in [0.25, 0.3) is 10.0 Å². The summed E-state index contributed by atoms with van der Waals surface area (Å²) < 4.78 is 29.1. The van der Waals surface area contributed by atoms with E-state index >= 15 is 0 Å². The average Bonchev–Trinajstić information content (AvgIpc) is 2.99. The van der Waals surface area contributed by atoms with E-state index < -0.39 is 28.5 Å². The number of sulfonamides is 1. The number of amides is 2. The summed E-state index contributed by atoms with van der Waals surface area (Å²) in [5.74, 6) is -0.955. The van der Waals surface area contributed by atoms with Gasteiger partial charge in [-0.1, -0.05) is 89.9 Å². The SMILES string of the molecule is CNC(=O)[C@@H](Cc1ccccc1)N(Cc1cccc(Cl)c1)C(=O)CN(c1cc(Cl)ccc1C)S(=O)(=O)c1ccccc1. The Morgan fingerprint density at radius 1 is 0.810 bits per heavy atom. The van der Waals surface area contributed by atoms with E-state index in [9.17, 15) is 18.0 Å². The second-order valence-corrected chi connectivity index (χ2v) is 12.5. The molecule has 0 unspecified atom stereocenters. The number of nitrogens with zero attached hydrogens (tertiary/aromatic N) is 2. The number of hydrogen-bond acceptors (Lipinski definition) is 4. The first kappa shape index (κ1) is 31.1. The maximum absolute atomic E-state index is 14.3. The summed E-state index contributed by atoms with van der Waals surface area (Å²) in [6.45, 7) is 1.20. The number of hydrogen-bond donors (Lipinski definition) is 1. The van der Waals surface area contributed by atoms with E-state index in [0.29, 0.717) is 21.2 Å². The Hall–Kier alpha value is -3.85. The standard InChI is InChI=1S/C32H31Cl2N3O4S/c1-23-16-17-27(34)20-29(23)37(42(40,41)28-14-7-4-8-15-28)22-31(38)36(21-25-12-9-13-26(33)18-25)30(32(39)35-2)19-24-10-5-3-6-11-24/h3-18,20,30H,19,21-22H2,1-2H3,(H,35,39)/t30-/m1/s1. The van der Waals surface area contributed by atoms with E-state index in [1.54, 1.807) is 61.5 Å². The highest BCUT2D eigenvalue weighted by atomic mass is 35.5. The van der Waals surface area contributed by atoms with Crippen LogP contribution in [0.25, 0.3) is 0 Å². The lowest BCUT2D eigenvalue weighted by Crippen LogP contribution is -2.53. The molecule has 2 amide bonds. The van der Waals surface area contributed by atoms with Gasteiger partial charge in [0.2, 0.25) is 11.8 Å². The number of halogens is 2. The molecule has 10 heteroatoms. The number of nitrogens with one attached hydrogen (secondary N) is 1. The third-order valence-corrected chi connectivity index (χ3v) is 9.05. The minimum Gasteiger partial charge on any atom is -0.357 e. The molecule has 0 fully saturated rings. The smallest absolute Gasteiger partial charge is 0.264 e. The highest BCUT2D eigenvalue weighted by molar-refractivity contribution is 7.92. The van der Waals surface area contributed by atoms with Gasteiger partial charge in [0.1, 0.15) is 12.6 Å². The minimum atomic E-state index is -4.21. The van der Waals surface area contributed by atoms with Crippen LogP contribution in [-0.4, -0.2) is 44.8 Å². The van der Waals surface area contributed by atoms with Gasteiger partial charge in [-0.05, 0) is 60.0 Å². The number of benzene rings is 4. The molecule has 0 aromatic heterocycles. The molecular weight excluding hydrogens is 593 g/mol. The van der Waals surface area contributed by atoms with Crippen molar-refractivity contribution in [3.05, 3.63) is 130 Å². The Balaban J connectivity index is 1.81. The number of aryl methyl sites for hydroxylation is 1. The Bertz CT molecular complexity index is 1650. The van der Waals surface area contributed by atoms with Crippen LogP contribution >= 0.6 is 23.2 Å². The summed E-state index contributed by atoms with van der Waals surface area (Å²) in [5.41, 5.74) is 2.41. The van der Waals surface area contributed by atoms with Gasteiger partial charge in [0, 0.05) is 30.1 Å². The van der Waals surface area contributed by atoms with E-state index in [-0.39, 0.29) is 29.5 Å². The van der Waals surface area contributed by atoms with Crippen molar-refractivity contribution in [2.45, 2.75) is 30.8 Å². The van der Waals surface area contributed by atoms with E-state index in [1.807, 2.05) is 30.3 Å². The molecule has 0 radical (unpaired) electrons. The first-order valence-electron chi connectivity index (χ1n) is 13.2. The highest BCUT2D eigenvalue weighted by Gasteiger charge is 2.34. The topological polar surface area (TPSA) is 86.8 Å². The lowest BCUT2D eigenvalue weighted by molar-refractivity contribution is -0.139. The molecule has 4 aromatic rings. The maximum atomic E-state index is 14.3. The Kier molecular flexibility index (Phi) is 10.3. The average molecular weight is 625 g/mol. The van der Waals surface area contributed by atoms with Crippen molar-refractivity contribution in [3.63, 3.8) is 0 Å². The zero-order chi connectivity index (χ0) is 30.3. The molecule has 42 heavy (non-hydrogen) atoms. The lowest BCUT2D eigenvalue weighted by Gasteiger charge is -2.34. The third kappa shape index (κ3) is 7.50. The molecule has 4 rings (SSSR count). The van der Waals surface area contributed by atoms with Crippen LogP contribution in [0.1, 0.15) is 16.7 Å². The van der Waals surface area contributed by atoms with Gasteiger partial charge in [-0.25, -0.2) is 8.42 Å². The van der Waals surface area contributed by atoms with Crippen molar-refractivity contribution >= 4 is 50.7 Å². The van der Waals surface area contributed by atoms with Gasteiger partial charge in [0.15, 0.2) is 0 Å². The van der Waals surface area contributed by atoms with Gasteiger partial charge in [-0.3, -0.25) is 13.9 Å². The van der Waals surface area contributed by atoms with Gasteiger partial charge in [-0.15, -0.1) is 0 Å². The van der Waals surface area contributed by atoms with E-state index in [4.69, 9.17) is 23.2 Å². The van der Waals surface area contributed by atoms with Crippen molar-refractivity contribution < 1.29 is 18.0 Å². The van der Waals surface area contributed by atoms with Gasteiger partial charge in [0.05, 0.1) is 10.6 Å². The lowest BCUT2D eigenvalue weighted by atomic mass is 10.0. The fourth-order valence-electron chi connectivity index (χ4n) is 4.64. The first-order valence-corrected chi connectivity index (χ1v) is 15.4. The van der Waals surface area contributed by atoms with Crippen LogP contribution in [-0.2, 0) is 32.6 Å². The van der Waals surface area contributed by atoms with Crippen molar-refractivity contribution in [2.75, 3.05) is 17.9 Å². The molecule has 0 saturated carbocycles. The minimum absolute atomic E-state index is 0.0192. The molecular formula is C32H31Cl2N3O4S. The molecule has 4 aromatic carbocycles. The monoisotopic (exact) mass is 623 g/mol. The largest absolute Gasteiger partial charge is 0.357 e. The van der Waals surface area contributed by atoms with Crippen LogP contribution in [0.5, 0.6) is 0 Å². The van der Waals surface area contributed by atoms with Gasteiger partial charge < -0.3 is 10.2 Å². The maximum Gasteiger partial charge on any atom is 0.264 e. The summed E-state index contributed by atoms with van der Waals surface area (Å²) in [7, 11) is -2.70. The number of likely N-dealkylation sites (N-methyl/N-ethyl adjacent to an activating group) is 1. The molecule has 1 N–H and O–H groups in total. The Labute approximate surface area is 256 Å². The first-order chi connectivity index (χ1) is 20.1. The molecule has 218 valence electrons. The normalized spacial score (nSPS) is 11.9. The van der Waals surface area contributed by atoms with Gasteiger partial charge in [-0.2, -0.15) is 0 Å². The molecule has 0 saturated heterocycles. The van der Waals surface area contributed by atoms with Crippen LogP contribution in [0.15, 0.2) is 108 Å². The fourth-order valence-corrected chi connectivity index (χ4v) is 6.51. The molecule has 0 aliphatic heterocycles. The van der Waals surface area contributed by atoms with Gasteiger partial charge >= 0.3 is 0 Å². The van der Waals surface area contributed by atoms with Crippen molar-refractivity contribution in [1.82, 2.24) is 10.2 Å². The van der Waals surface area contributed by atoms with Crippen LogP contribution in [0.2, 0.25) is 10.0 Å². The highest BCUT2D eigenvalue weighted by Crippen LogP contribution is 2.30. The van der Waals surface area contributed by atoms with E-state index in [2.05, 4.69) is 5.32 Å². The molecule has 7 nitrogen and oxygen atoms in total. The van der Waals surface area contributed by atoms with E-state index in [1.165, 1.54) is 30.1 Å². The Morgan fingerprint density at radius 2 is 1.43 bits per heavy atom. The van der Waals surface area contributed by atoms with Crippen molar-refractivity contribution in [2.24, 2.45) is 0 Å². The van der Waals surface area contributed by atoms with E-state index in [0.717, 1.165) is 9.87 Å². The third-order valence-electron chi connectivity index (χ3n) is 6.81. The number of rotatable bonds is 11. The molecule has 0 aliphatic carbocycles. The molecule has 0 heterocycles. The summed E-state index contributed by atoms with van der Waals surface area (Å²) >= 11 is 12.5. The number of carbonyl (C=O) groups excluding carboxylic acids is 2. The summed E-state index contributed by atoms with van der Waals surface area (Å²) in [5, 5.41) is 3.46. The van der Waals surface area contributed by atoms with Crippen LogP contribution in [0.3, 0.4) is 0 Å². The number of anilines is 1. The van der Waals surface area contributed by atoms with Crippen molar-refractivity contribution in [3.8, 4) is 0 Å². The second kappa shape index (κ2) is 13.9. The summed E-state index contributed by atoms with van der Waals surface area (Å²) in [6, 6.07) is 28.1. The number of carbonyl (C=O) groups is 2. The second-order valence-electron chi connectivity index (χ2n) is 9.73. The quantitative estimate of drug-likeness (QED) is 0.226. The van der Waals surface area contributed by atoms with Crippen LogP contribution < -0.4 is 9.62 Å². The van der Waals surface area contributed by atoms with Crippen LogP contribution in [0, 0.1) is 6.92 Å². The predicted octanol–water partition coefficient (Wildman–Crippen LogP) is 5.88. The molecule has 0 aliphatic rings. The summed E-state index contributed by atoms with van der Waals surface area (Å²) in [6.07, 6.45) is 0.217. The molecule has 0 bridgehead atoms. The molecule has 0 spiro atoms. The summed E-state index contributed by atoms with van der Waals surface area (Å²) in [4.78, 5) is 29.1. The Morgan fingerprint density at radius 3 is 2.07 bits per heavy atom. The predicted molar refractivity (Wildman–Crippen MR) is 167 cm³/mol. The van der Waals surface area contributed by atoms with Crippen molar-refractivity contribution in [1.29, 1.82) is 0 Å². The van der Waals surface area contributed by atoms with Crippen LogP contribution in [0.4, 0.5) is 5.69 Å². The molecule has 1 atom stereocenters. The zero-order valence-electron chi connectivity index (χ0n) is 23.2. The zero-order valence-corrected chi connectivity index (χ0v) is 25.5.